The van der Waals surface area contributed by atoms with Crippen LogP contribution in [0.25, 0.3) is 27.3 Å². The van der Waals surface area contributed by atoms with Gasteiger partial charge in [-0.25, -0.2) is 4.79 Å². The van der Waals surface area contributed by atoms with E-state index in [1.165, 1.54) is 34.4 Å². The zero-order valence-corrected chi connectivity index (χ0v) is 22.0. The summed E-state index contributed by atoms with van der Waals surface area (Å²) in [7, 11) is 0. The quantitative estimate of drug-likeness (QED) is 0.183. The molecule has 0 aliphatic rings. The van der Waals surface area contributed by atoms with Gasteiger partial charge in [0.05, 0.1) is 18.1 Å². The predicted octanol–water partition coefficient (Wildman–Crippen LogP) is 6.40. The Morgan fingerprint density at radius 1 is 1.00 bits per heavy atom. The maximum atomic E-state index is 12.9. The molecule has 2 aromatic carbocycles. The summed E-state index contributed by atoms with van der Waals surface area (Å²) in [5.41, 5.74) is 5.17. The first-order valence-electron chi connectivity index (χ1n) is 11.2. The monoisotopic (exact) mass is 534 g/mol. The molecule has 5 aromatic rings. The van der Waals surface area contributed by atoms with Gasteiger partial charge in [-0.05, 0) is 25.0 Å². The number of esters is 1. The molecule has 0 fully saturated rings. The molecule has 0 aliphatic carbocycles. The number of thioether (sulfide) groups is 1. The Labute approximate surface area is 220 Å². The van der Waals surface area contributed by atoms with Gasteiger partial charge in [0.2, 0.25) is 10.9 Å². The van der Waals surface area contributed by atoms with Crippen molar-refractivity contribution in [3.63, 3.8) is 0 Å². The molecule has 0 aliphatic heterocycles. The predicted molar refractivity (Wildman–Crippen MR) is 146 cm³/mol. The molecule has 0 radical (unpaired) electrons. The molecule has 0 unspecified atom stereocenters. The number of rotatable bonds is 8. The van der Waals surface area contributed by atoms with Crippen LogP contribution in [0.1, 0.15) is 22.8 Å². The maximum Gasteiger partial charge on any atom is 0.341 e. The molecular weight excluding hydrogens is 513 g/mol. The van der Waals surface area contributed by atoms with Crippen LogP contribution in [0.5, 0.6) is 0 Å². The Kier molecular flexibility index (Phi) is 7.17. The Bertz CT molecular complexity index is 1520. The topological polar surface area (TPSA) is 85.6 Å². The van der Waals surface area contributed by atoms with Crippen LogP contribution in [0.4, 0.5) is 5.00 Å². The molecule has 1 amide bonds. The van der Waals surface area contributed by atoms with Gasteiger partial charge in [0, 0.05) is 16.3 Å². The first-order chi connectivity index (χ1) is 17.5. The van der Waals surface area contributed by atoms with Crippen LogP contribution in [0.3, 0.4) is 0 Å². The van der Waals surface area contributed by atoms with Crippen LogP contribution in [-0.4, -0.2) is 38.8 Å². The number of thiophene rings is 1. The fraction of sp³-hybridized carbons (Fsp3) is 0.154. The summed E-state index contributed by atoms with van der Waals surface area (Å²) in [4.78, 5) is 26.5. The second kappa shape index (κ2) is 10.7. The molecule has 1 N–H and O–H groups in total. The van der Waals surface area contributed by atoms with Gasteiger partial charge in [-0.3, -0.25) is 9.20 Å². The molecule has 5 rings (SSSR count). The lowest BCUT2D eigenvalue weighted by Gasteiger charge is -2.09. The normalized spacial score (nSPS) is 11.1. The number of benzene rings is 2. The van der Waals surface area contributed by atoms with E-state index in [0.717, 1.165) is 32.9 Å². The van der Waals surface area contributed by atoms with E-state index in [-0.39, 0.29) is 18.3 Å². The summed E-state index contributed by atoms with van der Waals surface area (Å²) in [5, 5.41) is 16.4. The molecule has 3 heterocycles. The lowest BCUT2D eigenvalue weighted by molar-refractivity contribution is -0.113. The highest BCUT2D eigenvalue weighted by atomic mass is 32.2. The third-order valence-electron chi connectivity index (χ3n) is 5.41. The molecule has 0 spiro atoms. The highest BCUT2D eigenvalue weighted by molar-refractivity contribution is 7.99. The number of carbonyl (C=O) groups excluding carboxylic acids is 2. The largest absolute Gasteiger partial charge is 0.462 e. The molecule has 3 aromatic heterocycles. The van der Waals surface area contributed by atoms with Crippen LogP contribution < -0.4 is 5.32 Å². The van der Waals surface area contributed by atoms with Gasteiger partial charge in [-0.2, -0.15) is 0 Å². The van der Waals surface area contributed by atoms with Crippen molar-refractivity contribution in [3.05, 3.63) is 76.5 Å². The van der Waals surface area contributed by atoms with Crippen molar-refractivity contribution in [3.8, 4) is 22.4 Å². The van der Waals surface area contributed by atoms with Gasteiger partial charge >= 0.3 is 5.97 Å². The molecular formula is C26H22N4O3S3. The van der Waals surface area contributed by atoms with Crippen LogP contribution in [-0.2, 0) is 9.53 Å². The van der Waals surface area contributed by atoms with Gasteiger partial charge in [0.25, 0.3) is 0 Å². The van der Waals surface area contributed by atoms with Gasteiger partial charge in [0.1, 0.15) is 10.6 Å². The average Bonchev–Trinajstić information content (AvgIpc) is 3.60. The SMILES string of the molecule is CCOC(=O)c1c(-c2ccc(C)cc2)csc1NC(=O)CSc1nnc2scc(-c3ccccc3)n12. The molecule has 10 heteroatoms. The Hall–Kier alpha value is -3.47. The first kappa shape index (κ1) is 24.2. The highest BCUT2D eigenvalue weighted by Crippen LogP contribution is 2.37. The zero-order chi connectivity index (χ0) is 25.1. The summed E-state index contributed by atoms with van der Waals surface area (Å²) >= 11 is 4.11. The molecule has 36 heavy (non-hydrogen) atoms. The molecule has 0 atom stereocenters. The summed E-state index contributed by atoms with van der Waals surface area (Å²) < 4.78 is 7.26. The minimum absolute atomic E-state index is 0.116. The maximum absolute atomic E-state index is 12.9. The number of carbonyl (C=O) groups is 2. The van der Waals surface area contributed by atoms with Crippen LogP contribution in [0.2, 0.25) is 0 Å². The zero-order valence-electron chi connectivity index (χ0n) is 19.6. The van der Waals surface area contributed by atoms with Crippen molar-refractivity contribution >= 4 is 56.3 Å². The number of amides is 1. The van der Waals surface area contributed by atoms with E-state index in [1.54, 1.807) is 6.92 Å². The van der Waals surface area contributed by atoms with Crippen molar-refractivity contribution < 1.29 is 14.3 Å². The number of fused-ring (bicyclic) bond motifs is 1. The third kappa shape index (κ3) is 4.92. The van der Waals surface area contributed by atoms with Crippen molar-refractivity contribution in [2.45, 2.75) is 19.0 Å². The number of hydrogen-bond acceptors (Lipinski definition) is 8. The fourth-order valence-corrected chi connectivity index (χ4v) is 6.31. The molecule has 0 saturated carbocycles. The van der Waals surface area contributed by atoms with E-state index in [0.29, 0.717) is 15.7 Å². The van der Waals surface area contributed by atoms with E-state index in [2.05, 4.69) is 15.5 Å². The van der Waals surface area contributed by atoms with Crippen molar-refractivity contribution in [2.24, 2.45) is 0 Å². The van der Waals surface area contributed by atoms with Crippen molar-refractivity contribution in [2.75, 3.05) is 17.7 Å². The average molecular weight is 535 g/mol. The number of ether oxygens (including phenoxy) is 1. The summed E-state index contributed by atoms with van der Waals surface area (Å²) in [5.74, 6) is -0.580. The second-order valence-corrected chi connectivity index (χ2v) is 10.5. The Morgan fingerprint density at radius 3 is 2.53 bits per heavy atom. The minimum atomic E-state index is -0.456. The summed E-state index contributed by atoms with van der Waals surface area (Å²) in [6.07, 6.45) is 0. The number of hydrogen-bond donors (Lipinski definition) is 1. The number of nitrogens with one attached hydrogen (secondary N) is 1. The summed E-state index contributed by atoms with van der Waals surface area (Å²) in [6.45, 7) is 4.02. The minimum Gasteiger partial charge on any atom is -0.462 e. The molecule has 7 nitrogen and oxygen atoms in total. The second-order valence-electron chi connectivity index (χ2n) is 7.86. The van der Waals surface area contributed by atoms with E-state index in [1.807, 2.05) is 76.7 Å². The Morgan fingerprint density at radius 2 is 1.78 bits per heavy atom. The van der Waals surface area contributed by atoms with E-state index >= 15 is 0 Å². The van der Waals surface area contributed by atoms with Crippen LogP contribution >= 0.6 is 34.4 Å². The van der Waals surface area contributed by atoms with E-state index < -0.39 is 5.97 Å². The number of aromatic nitrogens is 3. The molecule has 182 valence electrons. The standard InChI is InChI=1S/C26H22N4O3S3/c1-3-33-24(32)22-19(17-11-9-16(2)10-12-17)13-34-23(22)27-21(31)15-36-26-29-28-25-30(26)20(14-35-25)18-7-5-4-6-8-18/h4-14H,3,15H2,1-2H3,(H,27,31). The number of thiazole rings is 1. The lowest BCUT2D eigenvalue weighted by Crippen LogP contribution is -2.16. The van der Waals surface area contributed by atoms with Crippen LogP contribution in [0, 0.1) is 6.92 Å². The smallest absolute Gasteiger partial charge is 0.341 e. The lowest BCUT2D eigenvalue weighted by atomic mass is 10.0. The van der Waals surface area contributed by atoms with E-state index in [4.69, 9.17) is 4.74 Å². The number of anilines is 1. The highest BCUT2D eigenvalue weighted by Gasteiger charge is 2.23. The van der Waals surface area contributed by atoms with Gasteiger partial charge < -0.3 is 10.1 Å². The van der Waals surface area contributed by atoms with Crippen LogP contribution in [0.15, 0.2) is 70.5 Å². The summed E-state index contributed by atoms with van der Waals surface area (Å²) in [6, 6.07) is 17.9. The number of aryl methyl sites for hydroxylation is 1. The Balaban J connectivity index is 1.36. The van der Waals surface area contributed by atoms with Gasteiger partial charge in [-0.15, -0.1) is 32.9 Å². The van der Waals surface area contributed by atoms with Gasteiger partial charge in [-0.1, -0.05) is 71.9 Å². The number of nitrogens with zero attached hydrogens (tertiary/aromatic N) is 3. The van der Waals surface area contributed by atoms with Crippen molar-refractivity contribution in [1.82, 2.24) is 14.6 Å². The van der Waals surface area contributed by atoms with E-state index in [9.17, 15) is 9.59 Å². The third-order valence-corrected chi connectivity index (χ3v) is 8.05. The fourth-order valence-electron chi connectivity index (χ4n) is 3.69. The first-order valence-corrected chi connectivity index (χ1v) is 14.0. The van der Waals surface area contributed by atoms with Crippen molar-refractivity contribution in [1.29, 1.82) is 0 Å². The molecule has 0 saturated heterocycles. The molecule has 0 bridgehead atoms. The van der Waals surface area contributed by atoms with Gasteiger partial charge in [0.15, 0.2) is 5.16 Å².